The Morgan fingerprint density at radius 3 is 2.71 bits per heavy atom. The molecule has 0 aliphatic heterocycles. The van der Waals surface area contributed by atoms with Crippen LogP contribution in [0.15, 0.2) is 42.6 Å². The molecular weight excluding hydrogens is 285 g/mol. The molecule has 5 heteroatoms. The fourth-order valence-electron chi connectivity index (χ4n) is 2.12. The summed E-state index contributed by atoms with van der Waals surface area (Å²) >= 11 is 4.87. The summed E-state index contributed by atoms with van der Waals surface area (Å²) in [4.78, 5) is 6.63. The Balaban J connectivity index is 2.11. The molecule has 1 aromatic carbocycles. The van der Waals surface area contributed by atoms with Crippen molar-refractivity contribution in [2.75, 3.05) is 6.54 Å². The maximum absolute atomic E-state index is 13.6. The van der Waals surface area contributed by atoms with Crippen LogP contribution < -0.4 is 5.73 Å². The highest BCUT2D eigenvalue weighted by Crippen LogP contribution is 2.14. The van der Waals surface area contributed by atoms with Crippen molar-refractivity contribution in [3.63, 3.8) is 0 Å². The van der Waals surface area contributed by atoms with Gasteiger partial charge in [0.1, 0.15) is 10.8 Å². The van der Waals surface area contributed by atoms with Gasteiger partial charge in [-0.3, -0.25) is 9.88 Å². The zero-order chi connectivity index (χ0) is 15.2. The van der Waals surface area contributed by atoms with Crippen molar-refractivity contribution in [2.45, 2.75) is 20.0 Å². The Morgan fingerprint density at radius 2 is 2.10 bits per heavy atom. The predicted octanol–water partition coefficient (Wildman–Crippen LogP) is 2.88. The molecule has 0 radical (unpaired) electrons. The van der Waals surface area contributed by atoms with Gasteiger partial charge in [-0.1, -0.05) is 31.3 Å². The standard InChI is InChI=1S/C16H18FN3S/c1-2-20(11-13-5-3-4-8-19-13)10-12-6-7-15(17)14(9-12)16(18)21/h3-9H,2,10-11H2,1H3,(H2,18,21). The molecular formula is C16H18FN3S. The first-order valence-corrected chi connectivity index (χ1v) is 7.21. The summed E-state index contributed by atoms with van der Waals surface area (Å²) in [6.45, 7) is 4.40. The summed E-state index contributed by atoms with van der Waals surface area (Å²) in [6.07, 6.45) is 1.78. The van der Waals surface area contributed by atoms with Crippen LogP contribution in [-0.4, -0.2) is 21.4 Å². The van der Waals surface area contributed by atoms with Gasteiger partial charge in [0.05, 0.1) is 5.69 Å². The van der Waals surface area contributed by atoms with Crippen molar-refractivity contribution in [3.8, 4) is 0 Å². The molecule has 0 aliphatic rings. The number of halogens is 1. The molecule has 2 aromatic rings. The normalized spacial score (nSPS) is 10.8. The summed E-state index contributed by atoms with van der Waals surface area (Å²) in [6, 6.07) is 10.8. The zero-order valence-electron chi connectivity index (χ0n) is 11.9. The van der Waals surface area contributed by atoms with E-state index in [0.717, 1.165) is 24.3 Å². The number of thiocarbonyl (C=S) groups is 1. The first-order chi connectivity index (χ1) is 10.1. The minimum atomic E-state index is -0.376. The number of hydrogen-bond acceptors (Lipinski definition) is 3. The monoisotopic (exact) mass is 303 g/mol. The molecule has 0 spiro atoms. The summed E-state index contributed by atoms with van der Waals surface area (Å²) in [5.74, 6) is -0.376. The molecule has 0 saturated heterocycles. The van der Waals surface area contributed by atoms with E-state index in [0.29, 0.717) is 12.1 Å². The molecule has 21 heavy (non-hydrogen) atoms. The van der Waals surface area contributed by atoms with E-state index in [1.807, 2.05) is 18.2 Å². The fourth-order valence-corrected chi connectivity index (χ4v) is 2.27. The molecule has 110 valence electrons. The number of nitrogens with two attached hydrogens (primary N) is 1. The van der Waals surface area contributed by atoms with Gasteiger partial charge >= 0.3 is 0 Å². The van der Waals surface area contributed by atoms with E-state index < -0.39 is 0 Å². The van der Waals surface area contributed by atoms with E-state index in [1.165, 1.54) is 6.07 Å². The lowest BCUT2D eigenvalue weighted by molar-refractivity contribution is 0.268. The second kappa shape index (κ2) is 7.24. The Hall–Kier alpha value is -1.85. The highest BCUT2D eigenvalue weighted by atomic mass is 32.1. The molecule has 0 unspecified atom stereocenters. The topological polar surface area (TPSA) is 42.1 Å². The van der Waals surface area contributed by atoms with Gasteiger partial charge in [0.25, 0.3) is 0 Å². The number of aromatic nitrogens is 1. The minimum Gasteiger partial charge on any atom is -0.389 e. The van der Waals surface area contributed by atoms with Crippen molar-refractivity contribution in [1.29, 1.82) is 0 Å². The molecule has 1 aromatic heterocycles. The summed E-state index contributed by atoms with van der Waals surface area (Å²) in [5.41, 5.74) is 7.83. The Bertz CT molecular complexity index is 616. The molecule has 0 fully saturated rings. The van der Waals surface area contributed by atoms with Gasteiger partial charge in [0.2, 0.25) is 0 Å². The van der Waals surface area contributed by atoms with E-state index in [4.69, 9.17) is 18.0 Å². The van der Waals surface area contributed by atoms with Crippen LogP contribution in [0.25, 0.3) is 0 Å². The smallest absolute Gasteiger partial charge is 0.133 e. The molecule has 2 N–H and O–H groups in total. The summed E-state index contributed by atoms with van der Waals surface area (Å²) in [7, 11) is 0. The zero-order valence-corrected chi connectivity index (χ0v) is 12.7. The van der Waals surface area contributed by atoms with E-state index in [9.17, 15) is 4.39 Å². The van der Waals surface area contributed by atoms with Crippen molar-refractivity contribution in [3.05, 3.63) is 65.2 Å². The third-order valence-electron chi connectivity index (χ3n) is 3.26. The van der Waals surface area contributed by atoms with Crippen LogP contribution in [-0.2, 0) is 13.1 Å². The van der Waals surface area contributed by atoms with Gasteiger partial charge in [0, 0.05) is 24.8 Å². The Kier molecular flexibility index (Phi) is 5.36. The van der Waals surface area contributed by atoms with Crippen LogP contribution in [0.4, 0.5) is 4.39 Å². The number of pyridine rings is 1. The summed E-state index contributed by atoms with van der Waals surface area (Å²) < 4.78 is 13.6. The highest BCUT2D eigenvalue weighted by Gasteiger charge is 2.10. The van der Waals surface area contributed by atoms with Gasteiger partial charge in [-0.2, -0.15) is 0 Å². The lowest BCUT2D eigenvalue weighted by atomic mass is 10.1. The largest absolute Gasteiger partial charge is 0.389 e. The van der Waals surface area contributed by atoms with Crippen molar-refractivity contribution in [1.82, 2.24) is 9.88 Å². The van der Waals surface area contributed by atoms with E-state index >= 15 is 0 Å². The molecule has 0 amide bonds. The van der Waals surface area contributed by atoms with Crippen LogP contribution in [0.5, 0.6) is 0 Å². The molecule has 2 rings (SSSR count). The van der Waals surface area contributed by atoms with Crippen molar-refractivity contribution in [2.24, 2.45) is 5.73 Å². The van der Waals surface area contributed by atoms with Gasteiger partial charge in [-0.05, 0) is 36.4 Å². The van der Waals surface area contributed by atoms with Gasteiger partial charge in [-0.15, -0.1) is 0 Å². The van der Waals surface area contributed by atoms with Gasteiger partial charge in [0.15, 0.2) is 0 Å². The Morgan fingerprint density at radius 1 is 1.29 bits per heavy atom. The number of rotatable bonds is 6. The average molecular weight is 303 g/mol. The van der Waals surface area contributed by atoms with Crippen LogP contribution in [0.1, 0.15) is 23.7 Å². The molecule has 3 nitrogen and oxygen atoms in total. The lowest BCUT2D eigenvalue weighted by Gasteiger charge is -2.20. The number of benzene rings is 1. The minimum absolute atomic E-state index is 0.0853. The van der Waals surface area contributed by atoms with Crippen LogP contribution in [0.3, 0.4) is 0 Å². The van der Waals surface area contributed by atoms with E-state index in [2.05, 4.69) is 16.8 Å². The van der Waals surface area contributed by atoms with E-state index in [1.54, 1.807) is 18.3 Å². The lowest BCUT2D eigenvalue weighted by Crippen LogP contribution is -2.23. The highest BCUT2D eigenvalue weighted by molar-refractivity contribution is 7.80. The second-order valence-corrected chi connectivity index (χ2v) is 5.24. The average Bonchev–Trinajstić information content (AvgIpc) is 2.49. The van der Waals surface area contributed by atoms with Crippen molar-refractivity contribution < 1.29 is 4.39 Å². The van der Waals surface area contributed by atoms with Crippen molar-refractivity contribution >= 4 is 17.2 Å². The molecule has 0 aliphatic carbocycles. The second-order valence-electron chi connectivity index (χ2n) is 4.80. The number of hydrogen-bond donors (Lipinski definition) is 1. The summed E-state index contributed by atoms with van der Waals surface area (Å²) in [5, 5.41) is 0. The fraction of sp³-hybridized carbons (Fsp3) is 0.250. The molecule has 0 saturated carbocycles. The maximum atomic E-state index is 13.6. The van der Waals surface area contributed by atoms with E-state index in [-0.39, 0.29) is 10.8 Å². The van der Waals surface area contributed by atoms with Gasteiger partial charge in [-0.25, -0.2) is 4.39 Å². The molecule has 0 atom stereocenters. The Labute approximate surface area is 129 Å². The van der Waals surface area contributed by atoms with Crippen LogP contribution in [0.2, 0.25) is 0 Å². The predicted molar refractivity (Wildman–Crippen MR) is 86.3 cm³/mol. The third kappa shape index (κ3) is 4.31. The first kappa shape index (κ1) is 15.5. The number of nitrogens with zero attached hydrogens (tertiary/aromatic N) is 2. The molecule has 0 bridgehead atoms. The quantitative estimate of drug-likeness (QED) is 0.833. The molecule has 1 heterocycles. The maximum Gasteiger partial charge on any atom is 0.133 e. The van der Waals surface area contributed by atoms with Gasteiger partial charge < -0.3 is 5.73 Å². The van der Waals surface area contributed by atoms with Crippen LogP contribution in [0, 0.1) is 5.82 Å². The first-order valence-electron chi connectivity index (χ1n) is 6.80. The third-order valence-corrected chi connectivity index (χ3v) is 3.48. The van der Waals surface area contributed by atoms with Crippen LogP contribution >= 0.6 is 12.2 Å². The SMILES string of the molecule is CCN(Cc1ccc(F)c(C(N)=S)c1)Cc1ccccn1.